The van der Waals surface area contributed by atoms with Crippen LogP contribution in [0.15, 0.2) is 59.7 Å². The lowest BCUT2D eigenvalue weighted by molar-refractivity contribution is 0.0955. The smallest absolute Gasteiger partial charge is 0.271 e. The SMILES string of the molecule is CCOc1ccc(C(=O)NN=Cc2ccccc2)cc1. The first-order valence-electron chi connectivity index (χ1n) is 6.41. The fourth-order valence-corrected chi connectivity index (χ4v) is 1.64. The molecule has 20 heavy (non-hydrogen) atoms. The number of rotatable bonds is 5. The van der Waals surface area contributed by atoms with Crippen LogP contribution in [0.5, 0.6) is 5.75 Å². The van der Waals surface area contributed by atoms with Crippen molar-refractivity contribution in [2.45, 2.75) is 6.92 Å². The van der Waals surface area contributed by atoms with E-state index in [-0.39, 0.29) is 5.91 Å². The van der Waals surface area contributed by atoms with Gasteiger partial charge in [-0.1, -0.05) is 30.3 Å². The van der Waals surface area contributed by atoms with Crippen LogP contribution in [0, 0.1) is 0 Å². The highest BCUT2D eigenvalue weighted by atomic mass is 16.5. The van der Waals surface area contributed by atoms with E-state index in [4.69, 9.17) is 4.74 Å². The van der Waals surface area contributed by atoms with Gasteiger partial charge in [0.2, 0.25) is 0 Å². The number of benzene rings is 2. The van der Waals surface area contributed by atoms with Crippen molar-refractivity contribution < 1.29 is 9.53 Å². The van der Waals surface area contributed by atoms with Gasteiger partial charge in [-0.3, -0.25) is 4.79 Å². The van der Waals surface area contributed by atoms with Gasteiger partial charge in [-0.25, -0.2) is 5.43 Å². The molecule has 0 unspecified atom stereocenters. The Balaban J connectivity index is 1.93. The van der Waals surface area contributed by atoms with Crippen LogP contribution in [0.1, 0.15) is 22.8 Å². The summed E-state index contributed by atoms with van der Waals surface area (Å²) in [6, 6.07) is 16.5. The molecule has 2 rings (SSSR count). The van der Waals surface area contributed by atoms with Crippen LogP contribution in [-0.2, 0) is 0 Å². The molecular weight excluding hydrogens is 252 g/mol. The number of hydrazone groups is 1. The summed E-state index contributed by atoms with van der Waals surface area (Å²) in [6.45, 7) is 2.52. The molecule has 0 aliphatic carbocycles. The molecule has 0 saturated carbocycles. The van der Waals surface area contributed by atoms with Crippen LogP contribution in [0.4, 0.5) is 0 Å². The summed E-state index contributed by atoms with van der Waals surface area (Å²) in [6.07, 6.45) is 1.60. The minimum atomic E-state index is -0.250. The van der Waals surface area contributed by atoms with Crippen molar-refractivity contribution in [2.75, 3.05) is 6.61 Å². The minimum absolute atomic E-state index is 0.250. The van der Waals surface area contributed by atoms with Crippen LogP contribution in [-0.4, -0.2) is 18.7 Å². The third-order valence-electron chi connectivity index (χ3n) is 2.61. The van der Waals surface area contributed by atoms with Gasteiger partial charge in [-0.05, 0) is 36.8 Å². The van der Waals surface area contributed by atoms with E-state index in [1.807, 2.05) is 37.3 Å². The Morgan fingerprint density at radius 1 is 1.15 bits per heavy atom. The number of amides is 1. The highest BCUT2D eigenvalue weighted by Gasteiger charge is 2.03. The topological polar surface area (TPSA) is 50.7 Å². The highest BCUT2D eigenvalue weighted by molar-refractivity contribution is 5.94. The Labute approximate surface area is 118 Å². The Morgan fingerprint density at radius 2 is 1.85 bits per heavy atom. The predicted molar refractivity (Wildman–Crippen MR) is 79.1 cm³/mol. The molecule has 2 aromatic rings. The molecule has 0 heterocycles. The molecule has 0 aromatic heterocycles. The van der Waals surface area contributed by atoms with Gasteiger partial charge in [-0.2, -0.15) is 5.10 Å². The van der Waals surface area contributed by atoms with Gasteiger partial charge >= 0.3 is 0 Å². The average Bonchev–Trinajstić information content (AvgIpc) is 2.49. The van der Waals surface area contributed by atoms with Crippen molar-refractivity contribution in [3.05, 3.63) is 65.7 Å². The molecule has 2 aromatic carbocycles. The number of carbonyl (C=O) groups is 1. The maximum absolute atomic E-state index is 11.8. The van der Waals surface area contributed by atoms with Gasteiger partial charge in [0.05, 0.1) is 12.8 Å². The number of nitrogens with one attached hydrogen (secondary N) is 1. The molecule has 4 nitrogen and oxygen atoms in total. The largest absolute Gasteiger partial charge is 0.494 e. The second-order valence-corrected chi connectivity index (χ2v) is 4.07. The monoisotopic (exact) mass is 268 g/mol. The van der Waals surface area contributed by atoms with Crippen LogP contribution in [0.3, 0.4) is 0 Å². The summed E-state index contributed by atoms with van der Waals surface area (Å²) >= 11 is 0. The van der Waals surface area contributed by atoms with E-state index in [9.17, 15) is 4.79 Å². The number of ether oxygens (including phenoxy) is 1. The summed E-state index contributed by atoms with van der Waals surface area (Å²) in [5, 5.41) is 3.92. The molecule has 0 aliphatic heterocycles. The summed E-state index contributed by atoms with van der Waals surface area (Å²) in [5.41, 5.74) is 3.96. The first-order chi connectivity index (χ1) is 9.79. The van der Waals surface area contributed by atoms with E-state index >= 15 is 0 Å². The maximum Gasteiger partial charge on any atom is 0.271 e. The summed E-state index contributed by atoms with van der Waals surface area (Å²) in [4.78, 5) is 11.8. The third kappa shape index (κ3) is 3.95. The summed E-state index contributed by atoms with van der Waals surface area (Å²) in [5.74, 6) is 0.497. The third-order valence-corrected chi connectivity index (χ3v) is 2.61. The quantitative estimate of drug-likeness (QED) is 0.669. The van der Waals surface area contributed by atoms with Gasteiger partial charge in [0.25, 0.3) is 5.91 Å². The lowest BCUT2D eigenvalue weighted by Crippen LogP contribution is -2.17. The van der Waals surface area contributed by atoms with Gasteiger partial charge < -0.3 is 4.74 Å². The fourth-order valence-electron chi connectivity index (χ4n) is 1.64. The number of carbonyl (C=O) groups excluding carboxylic acids is 1. The molecule has 0 bridgehead atoms. The van der Waals surface area contributed by atoms with Crippen molar-refractivity contribution in [1.29, 1.82) is 0 Å². The van der Waals surface area contributed by atoms with Gasteiger partial charge in [0, 0.05) is 5.56 Å². The molecule has 1 amide bonds. The molecule has 0 radical (unpaired) electrons. The molecule has 0 aliphatic rings. The number of nitrogens with zero attached hydrogens (tertiary/aromatic N) is 1. The van der Waals surface area contributed by atoms with Crippen molar-refractivity contribution in [1.82, 2.24) is 5.43 Å². The van der Waals surface area contributed by atoms with E-state index in [1.54, 1.807) is 30.5 Å². The van der Waals surface area contributed by atoms with Crippen LogP contribution in [0.2, 0.25) is 0 Å². The minimum Gasteiger partial charge on any atom is -0.494 e. The average molecular weight is 268 g/mol. The Morgan fingerprint density at radius 3 is 2.50 bits per heavy atom. The van der Waals surface area contributed by atoms with E-state index in [2.05, 4.69) is 10.5 Å². The second-order valence-electron chi connectivity index (χ2n) is 4.07. The summed E-state index contributed by atoms with van der Waals surface area (Å²) in [7, 11) is 0. The summed E-state index contributed by atoms with van der Waals surface area (Å²) < 4.78 is 5.32. The van der Waals surface area contributed by atoms with E-state index in [1.165, 1.54) is 0 Å². The van der Waals surface area contributed by atoms with Gasteiger partial charge in [-0.15, -0.1) is 0 Å². The molecule has 0 saturated heterocycles. The fraction of sp³-hybridized carbons (Fsp3) is 0.125. The predicted octanol–water partition coefficient (Wildman–Crippen LogP) is 2.85. The molecule has 1 N–H and O–H groups in total. The Kier molecular flexibility index (Phi) is 4.89. The molecule has 4 heteroatoms. The molecule has 0 spiro atoms. The zero-order valence-corrected chi connectivity index (χ0v) is 11.2. The normalized spacial score (nSPS) is 10.4. The van der Waals surface area contributed by atoms with Crippen molar-refractivity contribution >= 4 is 12.1 Å². The van der Waals surface area contributed by atoms with E-state index in [0.29, 0.717) is 12.2 Å². The van der Waals surface area contributed by atoms with Gasteiger partial charge in [0.1, 0.15) is 5.75 Å². The number of hydrogen-bond donors (Lipinski definition) is 1. The van der Waals surface area contributed by atoms with Crippen molar-refractivity contribution in [2.24, 2.45) is 5.10 Å². The molecule has 0 atom stereocenters. The van der Waals surface area contributed by atoms with E-state index < -0.39 is 0 Å². The van der Waals surface area contributed by atoms with Crippen molar-refractivity contribution in [3.8, 4) is 5.75 Å². The molecule has 0 fully saturated rings. The van der Waals surface area contributed by atoms with Gasteiger partial charge in [0.15, 0.2) is 0 Å². The lowest BCUT2D eigenvalue weighted by atomic mass is 10.2. The Hall–Kier alpha value is -2.62. The van der Waals surface area contributed by atoms with Crippen molar-refractivity contribution in [3.63, 3.8) is 0 Å². The second kappa shape index (κ2) is 7.09. The highest BCUT2D eigenvalue weighted by Crippen LogP contribution is 2.11. The first-order valence-corrected chi connectivity index (χ1v) is 6.41. The molecular formula is C16H16N2O2. The maximum atomic E-state index is 11.8. The zero-order chi connectivity index (χ0) is 14.2. The van der Waals surface area contributed by atoms with Crippen LogP contribution < -0.4 is 10.2 Å². The Bertz CT molecular complexity index is 577. The standard InChI is InChI=1S/C16H16N2O2/c1-2-20-15-10-8-14(9-11-15)16(19)18-17-12-13-6-4-3-5-7-13/h3-12H,2H2,1H3,(H,18,19). The van der Waals surface area contributed by atoms with E-state index in [0.717, 1.165) is 11.3 Å². The van der Waals surface area contributed by atoms with Crippen LogP contribution in [0.25, 0.3) is 0 Å². The number of hydrogen-bond acceptors (Lipinski definition) is 3. The zero-order valence-electron chi connectivity index (χ0n) is 11.2. The molecule has 102 valence electrons. The lowest BCUT2D eigenvalue weighted by Gasteiger charge is -2.03. The first kappa shape index (κ1) is 13.8. The van der Waals surface area contributed by atoms with Crippen LogP contribution >= 0.6 is 0 Å².